The molecule has 5 aromatic carbocycles. The predicted octanol–water partition coefficient (Wildman–Crippen LogP) is 11.6. The second-order valence-electron chi connectivity index (χ2n) is 15.9. The highest BCUT2D eigenvalue weighted by Gasteiger charge is 2.53. The Balaban J connectivity index is 0.000000353. The minimum absolute atomic E-state index is 0.0666. The Kier molecular flexibility index (Phi) is 10.1. The van der Waals surface area contributed by atoms with Gasteiger partial charge in [0.1, 0.15) is 17.3 Å². The summed E-state index contributed by atoms with van der Waals surface area (Å²) < 4.78 is 31.1. The molecule has 2 atom stereocenters. The lowest BCUT2D eigenvalue weighted by Gasteiger charge is -2.27. The van der Waals surface area contributed by atoms with Crippen molar-refractivity contribution in [1.82, 2.24) is 8.97 Å². The molecule has 2 heterocycles. The van der Waals surface area contributed by atoms with Crippen LogP contribution in [0.25, 0.3) is 21.5 Å². The van der Waals surface area contributed by atoms with Gasteiger partial charge < -0.3 is 0 Å². The quantitative estimate of drug-likeness (QED) is 0.113. The zero-order chi connectivity index (χ0) is 38.6. The van der Waals surface area contributed by atoms with Gasteiger partial charge in [0, 0.05) is 35.0 Å². The van der Waals surface area contributed by atoms with Gasteiger partial charge in [-0.1, -0.05) is 71.8 Å². The summed E-state index contributed by atoms with van der Waals surface area (Å²) >= 11 is 7.18. The third-order valence-corrected chi connectivity index (χ3v) is 13.2. The smallest absolute Gasteiger partial charge is 0.282 e. The zero-order valence-electron chi connectivity index (χ0n) is 32.3. The van der Waals surface area contributed by atoms with Crippen LogP contribution in [0.1, 0.15) is 55.7 Å². The van der Waals surface area contributed by atoms with Gasteiger partial charge >= 0.3 is 0 Å². The highest BCUT2D eigenvalue weighted by atomic mass is 35.5. The second-order valence-corrected chi connectivity index (χ2v) is 17.7. The van der Waals surface area contributed by atoms with Crippen LogP contribution >= 0.6 is 11.6 Å². The molecule has 5 aromatic rings. The topological polar surface area (TPSA) is 54.4 Å². The van der Waals surface area contributed by atoms with Gasteiger partial charge in [-0.05, 0) is 104 Å². The van der Waals surface area contributed by atoms with Crippen molar-refractivity contribution in [2.75, 3.05) is 28.2 Å². The number of aryl methyl sites for hydroxylation is 1. The van der Waals surface area contributed by atoms with Gasteiger partial charge in [0.05, 0.1) is 50.5 Å². The number of likely N-dealkylation sites (N-methyl/N-ethyl adjacent to an activating group) is 2. The van der Waals surface area contributed by atoms with Crippen LogP contribution in [0, 0.1) is 12.8 Å². The molecule has 8 rings (SSSR count). The Labute approximate surface area is 326 Å². The molecule has 54 heavy (non-hydrogen) atoms. The van der Waals surface area contributed by atoms with Crippen LogP contribution in [-0.2, 0) is 10.1 Å². The fraction of sp³-hybridized carbons (Fsp3) is 0.255. The highest BCUT2D eigenvalue weighted by molar-refractivity contribution is 7.85. The summed E-state index contributed by atoms with van der Waals surface area (Å²) in [6.07, 6.45) is 12.6. The normalized spacial score (nSPS) is 21.9. The van der Waals surface area contributed by atoms with Gasteiger partial charge in [-0.15, -0.1) is 0 Å². The molecule has 0 saturated heterocycles. The minimum Gasteiger partial charge on any atom is -0.282 e. The first-order valence-corrected chi connectivity index (χ1v) is 20.5. The molecule has 0 radical (unpaired) electrons. The third kappa shape index (κ3) is 6.76. The van der Waals surface area contributed by atoms with Gasteiger partial charge in [0.2, 0.25) is 11.3 Å². The average Bonchev–Trinajstić information content (AvgIpc) is 3.47. The first-order chi connectivity index (χ1) is 25.6. The summed E-state index contributed by atoms with van der Waals surface area (Å²) in [7, 11) is 5.27. The SMILES string of the molecule is C[C+]1c2c(ccc3ccccc23)[N+](C)(C)C1C=CC1=C(Cl)C(=CC=C2C(C)c3c(ccc4ccccc34)[N+]2(C)C)CCC1.Cc1ccc(S(=O)(=O)O)cc1. The van der Waals surface area contributed by atoms with Crippen molar-refractivity contribution in [3.05, 3.63) is 166 Å². The lowest BCUT2D eigenvalue weighted by Crippen LogP contribution is -2.47. The molecule has 2 aliphatic heterocycles. The molecule has 1 N–H and O–H groups in total. The largest absolute Gasteiger partial charge is 0.294 e. The standard InChI is InChI=1S/C40H42ClN2.C7H8O3S/c1-26-34(42(3,4)36-24-18-28-12-7-9-16-32(28)38(26)36)22-20-30-14-11-15-31(40(30)41)21-23-35-27(2)39-33-17-10-8-13-29(33)19-25-37(39)43(35,5)6;1-6-2-4-7(5-3-6)11(8,9)10/h7-10,12-13,16-26,35H,11,14-15H2,1-6H3;2-5H,1H3,(H,8,9,10)/q+3;. The van der Waals surface area contributed by atoms with E-state index in [0.29, 0.717) is 5.92 Å². The van der Waals surface area contributed by atoms with E-state index in [1.54, 1.807) is 12.1 Å². The van der Waals surface area contributed by atoms with Gasteiger partial charge in [-0.25, -0.2) is 4.48 Å². The van der Waals surface area contributed by atoms with Gasteiger partial charge in [-0.2, -0.15) is 8.42 Å². The molecular formula is C47H50ClN2O3S+3. The van der Waals surface area contributed by atoms with Crippen molar-refractivity contribution in [2.24, 2.45) is 0 Å². The van der Waals surface area contributed by atoms with E-state index in [1.807, 2.05) is 6.92 Å². The first kappa shape index (κ1) is 37.9. The van der Waals surface area contributed by atoms with E-state index in [9.17, 15) is 8.42 Å². The average molecular weight is 758 g/mol. The number of halogens is 1. The number of hydrogen-bond acceptors (Lipinski definition) is 2. The highest BCUT2D eigenvalue weighted by Crippen LogP contribution is 2.50. The maximum Gasteiger partial charge on any atom is 0.294 e. The maximum absolute atomic E-state index is 10.5. The summed E-state index contributed by atoms with van der Waals surface area (Å²) in [4.78, 5) is -0.0666. The van der Waals surface area contributed by atoms with Crippen molar-refractivity contribution in [3.8, 4) is 0 Å². The van der Waals surface area contributed by atoms with E-state index in [1.165, 1.54) is 78.9 Å². The number of benzene rings is 5. The second kappa shape index (κ2) is 14.3. The number of allylic oxidation sites excluding steroid dienone is 7. The Morgan fingerprint density at radius 2 is 1.41 bits per heavy atom. The molecule has 0 spiro atoms. The van der Waals surface area contributed by atoms with E-state index >= 15 is 0 Å². The fourth-order valence-corrected chi connectivity index (χ4v) is 9.73. The van der Waals surface area contributed by atoms with Gasteiger partial charge in [0.15, 0.2) is 6.04 Å². The van der Waals surface area contributed by atoms with Gasteiger partial charge in [-0.3, -0.25) is 9.04 Å². The third-order valence-electron chi connectivity index (χ3n) is 11.8. The Bertz CT molecular complexity index is 2510. The van der Waals surface area contributed by atoms with Crippen molar-refractivity contribution < 1.29 is 13.0 Å². The molecule has 3 aliphatic rings. The predicted molar refractivity (Wildman–Crippen MR) is 228 cm³/mol. The molecule has 0 amide bonds. The Morgan fingerprint density at radius 1 is 0.796 bits per heavy atom. The molecular weight excluding hydrogens is 708 g/mol. The van der Waals surface area contributed by atoms with Crippen molar-refractivity contribution in [2.45, 2.75) is 56.9 Å². The summed E-state index contributed by atoms with van der Waals surface area (Å²) in [6.45, 7) is 6.51. The van der Waals surface area contributed by atoms with E-state index in [2.05, 4.69) is 139 Å². The number of rotatable bonds is 4. The summed E-state index contributed by atoms with van der Waals surface area (Å²) in [5, 5.41) is 6.28. The lowest BCUT2D eigenvalue weighted by molar-refractivity contribution is 0.378. The van der Waals surface area contributed by atoms with Crippen LogP contribution < -0.4 is 8.97 Å². The number of fused-ring (bicyclic) bond motifs is 6. The molecule has 0 bridgehead atoms. The number of quaternary nitrogens is 2. The molecule has 0 aromatic heterocycles. The molecule has 7 heteroatoms. The first-order valence-electron chi connectivity index (χ1n) is 18.7. The van der Waals surface area contributed by atoms with E-state index in [4.69, 9.17) is 16.2 Å². The van der Waals surface area contributed by atoms with Crippen LogP contribution in [0.5, 0.6) is 0 Å². The van der Waals surface area contributed by atoms with Crippen LogP contribution in [0.15, 0.2) is 148 Å². The maximum atomic E-state index is 10.5. The number of nitrogens with zero attached hydrogens (tertiary/aromatic N) is 2. The van der Waals surface area contributed by atoms with E-state index < -0.39 is 10.1 Å². The monoisotopic (exact) mass is 757 g/mol. The van der Waals surface area contributed by atoms with Crippen LogP contribution in [-0.4, -0.2) is 47.2 Å². The van der Waals surface area contributed by atoms with Gasteiger partial charge in [0.25, 0.3) is 10.1 Å². The summed E-state index contributed by atoms with van der Waals surface area (Å²) in [6, 6.07) is 33.0. The van der Waals surface area contributed by atoms with E-state index in [-0.39, 0.29) is 10.9 Å². The molecule has 2 unspecified atom stereocenters. The lowest BCUT2D eigenvalue weighted by atomic mass is 9.90. The van der Waals surface area contributed by atoms with E-state index in [0.717, 1.165) is 38.8 Å². The fourth-order valence-electron chi connectivity index (χ4n) is 8.94. The molecule has 0 saturated carbocycles. The number of hydrogen-bond donors (Lipinski definition) is 1. The minimum atomic E-state index is -4.02. The molecule has 276 valence electrons. The van der Waals surface area contributed by atoms with Crippen molar-refractivity contribution in [3.63, 3.8) is 0 Å². The summed E-state index contributed by atoms with van der Waals surface area (Å²) in [5.41, 5.74) is 10.5. The van der Waals surface area contributed by atoms with Crippen molar-refractivity contribution in [1.29, 1.82) is 0 Å². The molecule has 0 fully saturated rings. The zero-order valence-corrected chi connectivity index (χ0v) is 33.8. The van der Waals surface area contributed by atoms with Crippen molar-refractivity contribution >= 4 is 54.6 Å². The molecule has 1 aliphatic carbocycles. The Morgan fingerprint density at radius 3 is 2.07 bits per heavy atom. The molecule has 5 nitrogen and oxygen atoms in total. The van der Waals surface area contributed by atoms with Crippen LogP contribution in [0.3, 0.4) is 0 Å². The van der Waals surface area contributed by atoms with Crippen LogP contribution in [0.2, 0.25) is 0 Å². The Hall–Kier alpha value is -4.43. The summed E-state index contributed by atoms with van der Waals surface area (Å²) in [5.74, 6) is 1.78. The van der Waals surface area contributed by atoms with Crippen LogP contribution in [0.4, 0.5) is 11.4 Å².